The molecule has 9 N–H and O–H groups in total. The van der Waals surface area contributed by atoms with Crippen LogP contribution in [0.4, 0.5) is 0 Å². The Morgan fingerprint density at radius 2 is 0.670 bits per heavy atom. The molecule has 0 spiro atoms. The lowest BCUT2D eigenvalue weighted by atomic mass is 10.8. The molecule has 6 saturated heterocycles. The van der Waals surface area contributed by atoms with Gasteiger partial charge in [0.1, 0.15) is 0 Å². The van der Waals surface area contributed by atoms with Crippen molar-refractivity contribution in [2.24, 2.45) is 0 Å². The molecular formula is C43H98O30Si18. The van der Waals surface area contributed by atoms with Gasteiger partial charge in [-0.2, -0.15) is 0 Å². The van der Waals surface area contributed by atoms with E-state index < -0.39 is 176 Å². The van der Waals surface area contributed by atoms with E-state index in [9.17, 15) is 44.1 Å². The predicted molar refractivity (Wildman–Crippen MR) is 373 cm³/mol. The molecule has 6 heterocycles. The molecule has 0 saturated carbocycles. The van der Waals surface area contributed by atoms with Crippen LogP contribution in [-0.2, 0) is 86.4 Å². The summed E-state index contributed by atoms with van der Waals surface area (Å²) in [6, 6.07) is 0.542. The highest BCUT2D eigenvalue weighted by Gasteiger charge is 2.72. The summed E-state index contributed by atoms with van der Waals surface area (Å²) in [5.74, 6) is 0. The summed E-state index contributed by atoms with van der Waals surface area (Å²) in [5, 5.41) is 30.3. The molecule has 91 heavy (non-hydrogen) atoms. The van der Waals surface area contributed by atoms with E-state index in [0.29, 0.717) is 0 Å². The van der Waals surface area contributed by atoms with Gasteiger partial charge in [-0.25, -0.2) is 0 Å². The first-order valence-corrected chi connectivity index (χ1v) is 67.9. The van der Waals surface area contributed by atoms with Crippen molar-refractivity contribution in [3.63, 3.8) is 0 Å². The summed E-state index contributed by atoms with van der Waals surface area (Å²) in [6.45, 7) is 55.0. The number of aliphatic hydroxyl groups is 3. The SMILES string of the molecule is C.C=CC[Si]1(C)O[Si](O)(CC=C)O[Si]2(CC=C)O[Si](CO)(CC=C)O[Si](O)(CC=C)O[Si](CC=C)(O1)O2.C=CC[Si]1(O)O[Si](C)(CO)O[Si]2(CC=C)O[Si](C)(O)O[Si](C)(C)O[Si](C)(O1)O2.C=C[Si]1(O)O[Si](C)(CO)O[Si]2(C=C)O[Si](C)(O)O[Si](C)(C)O[Si](C)(O1)O2. The molecule has 6 aliphatic heterocycles. The van der Waals surface area contributed by atoms with Crippen LogP contribution in [0.15, 0.2) is 126 Å². The quantitative estimate of drug-likeness (QED) is 0.0569. The van der Waals surface area contributed by atoms with Crippen LogP contribution in [0.5, 0.6) is 0 Å². The van der Waals surface area contributed by atoms with Gasteiger partial charge in [-0.15, -0.1) is 59.2 Å². The Kier molecular flexibility index (Phi) is 29.8. The lowest BCUT2D eigenvalue weighted by Gasteiger charge is -2.53. The van der Waals surface area contributed by atoms with Crippen molar-refractivity contribution in [1.29, 1.82) is 0 Å². The van der Waals surface area contributed by atoms with E-state index in [2.05, 4.69) is 65.8 Å². The van der Waals surface area contributed by atoms with Crippen molar-refractivity contribution in [3.05, 3.63) is 126 Å². The third-order valence-electron chi connectivity index (χ3n) is 12.3. The Morgan fingerprint density at radius 1 is 0.286 bits per heavy atom. The number of hydrogen-bond donors (Lipinski definition) is 9. The lowest BCUT2D eigenvalue weighted by molar-refractivity contribution is 0.0594. The molecule has 30 nitrogen and oxygen atoms in total. The van der Waals surface area contributed by atoms with Crippen molar-refractivity contribution in [3.8, 4) is 0 Å². The zero-order chi connectivity index (χ0) is 68.7. The highest BCUT2D eigenvalue weighted by molar-refractivity contribution is 6.99. The first-order chi connectivity index (χ1) is 41.1. The fraction of sp³-hybridized carbons (Fsp3) is 0.535. The lowest BCUT2D eigenvalue weighted by Crippen LogP contribution is -2.78. The molecule has 6 aliphatic rings. The van der Waals surface area contributed by atoms with Crippen LogP contribution in [0.25, 0.3) is 0 Å². The predicted octanol–water partition coefficient (Wildman–Crippen LogP) is 4.36. The van der Waals surface area contributed by atoms with Crippen molar-refractivity contribution >= 4 is 157 Å². The average molecular weight is 1600 g/mol. The zero-order valence-corrected chi connectivity index (χ0v) is 71.2. The van der Waals surface area contributed by atoms with Gasteiger partial charge in [0.15, 0.2) is 0 Å². The van der Waals surface area contributed by atoms with Crippen molar-refractivity contribution in [2.75, 3.05) is 18.7 Å². The second kappa shape index (κ2) is 31.8. The molecule has 16 atom stereocenters. The summed E-state index contributed by atoms with van der Waals surface area (Å²) in [6.07, 6.45) is 10.7. The first-order valence-electron chi connectivity index (χ1n) is 28.2. The zero-order valence-electron chi connectivity index (χ0n) is 53.2. The van der Waals surface area contributed by atoms with Gasteiger partial charge in [0, 0.05) is 74.5 Å². The van der Waals surface area contributed by atoms with Gasteiger partial charge in [-0.05, 0) is 57.2 Å². The smallest absolute Gasteiger partial charge is 0.395 e. The van der Waals surface area contributed by atoms with E-state index in [1.807, 2.05) is 0 Å². The van der Waals surface area contributed by atoms with Crippen molar-refractivity contribution in [1.82, 2.24) is 0 Å². The van der Waals surface area contributed by atoms with Crippen LogP contribution in [-0.4, -0.2) is 220 Å². The Hall–Kier alpha value is 0.104. The largest absolute Gasteiger partial charge is 0.510 e. The van der Waals surface area contributed by atoms with E-state index in [4.69, 9.17) is 86.4 Å². The third kappa shape index (κ3) is 23.3. The monoisotopic (exact) mass is 1600 g/mol. The standard InChI is InChI=1S/C20H38O10Si6.C12H30O10Si6.C10H26O10Si6.CH4/c1-8-14-31(7)24-33(22,16-10-3)28-36(19-13-6)27-32(20-21,15-9-2)26-34(23,17-11-4)29-35(25-31,30-36)18-12-5;1-8-10-27(15)18-24(5,12-13)19-28(11-9-2)20-25(6,14)16-23(3,4)17-26(7,21-27)22-28;1-8-25(13)16-22(5,10-11)17-26(9-2)18-23(6,12)14-21(3,4)15-24(7,19-25)20-26;/h8-13,21-23H,1-6,14-20H2,7H3;8-9,13-15H,1-2,10-12H2,3-7H3;8-9,11-13H,1-2,10H2,3-7H3;1H4. The minimum atomic E-state index is -4.14. The number of hydrogen-bond acceptors (Lipinski definition) is 30. The third-order valence-corrected chi connectivity index (χ3v) is 82.4. The molecule has 0 aliphatic carbocycles. The highest BCUT2D eigenvalue weighted by Crippen LogP contribution is 2.45. The van der Waals surface area contributed by atoms with Crippen LogP contribution in [0.1, 0.15) is 7.43 Å². The number of allylic oxidation sites excluding steroid dienone is 8. The van der Waals surface area contributed by atoms with Gasteiger partial charge in [0.2, 0.25) is 0 Å². The van der Waals surface area contributed by atoms with Crippen LogP contribution in [0.2, 0.25) is 120 Å². The van der Waals surface area contributed by atoms with Crippen LogP contribution >= 0.6 is 0 Å². The van der Waals surface area contributed by atoms with E-state index >= 15 is 0 Å². The summed E-state index contributed by atoms with van der Waals surface area (Å²) in [5.41, 5.74) is 2.46. The number of rotatable bonds is 21. The molecule has 0 aromatic heterocycles. The summed E-state index contributed by atoms with van der Waals surface area (Å²) in [7, 11) is -66.2. The topological polar surface area (TPSA) is 376 Å². The first kappa shape index (κ1) is 85.3. The maximum Gasteiger partial charge on any atom is 0.510 e. The van der Waals surface area contributed by atoms with Gasteiger partial charge < -0.3 is 131 Å². The average Bonchev–Trinajstić information content (AvgIpc) is 0.810. The van der Waals surface area contributed by atoms with E-state index in [1.165, 1.54) is 61.8 Å². The molecule has 6 fully saturated rings. The second-order valence-corrected chi connectivity index (χ2v) is 77.3. The second-order valence-electron chi connectivity index (χ2n) is 23.0. The maximum atomic E-state index is 11.7. The molecule has 48 heteroatoms. The number of fused-ring (bicyclic) bond motifs is 6. The molecule has 522 valence electrons. The molecule has 16 unspecified atom stereocenters. The van der Waals surface area contributed by atoms with Crippen LogP contribution < -0.4 is 0 Å². The summed E-state index contributed by atoms with van der Waals surface area (Å²) < 4.78 is 129. The molecular weight excluding hydrogens is 1500 g/mol. The van der Waals surface area contributed by atoms with E-state index in [-0.39, 0.29) is 55.8 Å². The minimum Gasteiger partial charge on any atom is -0.395 e. The Bertz CT molecular complexity index is 2620. The van der Waals surface area contributed by atoms with Gasteiger partial charge >= 0.3 is 157 Å². The highest BCUT2D eigenvalue weighted by atomic mass is 28.6. The normalized spacial score (nSPS) is 44.6. The molecule has 6 rings (SSSR count). The Labute approximate surface area is 555 Å². The Morgan fingerprint density at radius 3 is 1.10 bits per heavy atom. The van der Waals surface area contributed by atoms with E-state index in [1.54, 1.807) is 64.5 Å². The molecule has 0 radical (unpaired) electrons. The molecule has 0 amide bonds. The maximum absolute atomic E-state index is 11.7. The Balaban J connectivity index is 0.000000360. The van der Waals surface area contributed by atoms with Gasteiger partial charge in [-0.1, -0.05) is 62.6 Å². The summed E-state index contributed by atoms with van der Waals surface area (Å²) in [4.78, 5) is 66.7. The minimum absolute atomic E-state index is 0. The molecule has 0 aromatic rings. The van der Waals surface area contributed by atoms with Crippen LogP contribution in [0.3, 0.4) is 0 Å². The fourth-order valence-corrected chi connectivity index (χ4v) is 92.7. The van der Waals surface area contributed by atoms with Gasteiger partial charge in [-0.3, -0.25) is 0 Å². The summed E-state index contributed by atoms with van der Waals surface area (Å²) >= 11 is 0. The molecule has 6 bridgehead atoms. The van der Waals surface area contributed by atoms with E-state index in [0.717, 1.165) is 5.70 Å². The van der Waals surface area contributed by atoms with Crippen molar-refractivity contribution in [2.45, 2.75) is 128 Å². The van der Waals surface area contributed by atoms with Gasteiger partial charge in [0.05, 0.1) is 18.7 Å². The van der Waals surface area contributed by atoms with Gasteiger partial charge in [0.25, 0.3) is 0 Å². The van der Waals surface area contributed by atoms with Crippen LogP contribution in [0, 0.1) is 0 Å². The van der Waals surface area contributed by atoms with Crippen molar-refractivity contribution < 1.29 is 131 Å². The molecule has 0 aromatic carbocycles. The fourth-order valence-electron chi connectivity index (χ4n) is 10.1. The number of aliphatic hydroxyl groups excluding tert-OH is 3.